The molecule has 3 N–H and O–H groups in total. The molecule has 0 atom stereocenters. The van der Waals surface area contributed by atoms with Gasteiger partial charge in [-0.3, -0.25) is 9.48 Å². The molecule has 4 rings (SSSR count). The number of nitrogens with one attached hydrogen (secondary N) is 2. The minimum atomic E-state index is -3.21. The van der Waals surface area contributed by atoms with Gasteiger partial charge in [-0.2, -0.15) is 0 Å². The number of sulfonamides is 1. The van der Waals surface area contributed by atoms with E-state index in [0.29, 0.717) is 35.4 Å². The van der Waals surface area contributed by atoms with Crippen molar-refractivity contribution in [3.63, 3.8) is 0 Å². The summed E-state index contributed by atoms with van der Waals surface area (Å²) >= 11 is 0. The van der Waals surface area contributed by atoms with Gasteiger partial charge >= 0.3 is 0 Å². The highest BCUT2D eigenvalue weighted by molar-refractivity contribution is 7.88. The van der Waals surface area contributed by atoms with Crippen LogP contribution >= 0.6 is 0 Å². The molecule has 1 aliphatic rings. The summed E-state index contributed by atoms with van der Waals surface area (Å²) in [4.78, 5) is 25.8. The first-order valence-corrected chi connectivity index (χ1v) is 14.5. The predicted octanol–water partition coefficient (Wildman–Crippen LogP) is 1.59. The summed E-state index contributed by atoms with van der Waals surface area (Å²) in [5.41, 5.74) is 1.17. The number of nitrogens with zero attached hydrogens (tertiary/aromatic N) is 5. The molecule has 1 aromatic carbocycles. The summed E-state index contributed by atoms with van der Waals surface area (Å²) in [6.45, 7) is 2.16. The van der Waals surface area contributed by atoms with E-state index in [9.17, 15) is 17.6 Å². The Balaban J connectivity index is 1.37. The number of carbonyl (C=O) groups excluding carboxylic acids is 1. The maximum absolute atomic E-state index is 13.9. The van der Waals surface area contributed by atoms with Crippen LogP contribution in [0.5, 0.6) is 5.75 Å². The fourth-order valence-corrected chi connectivity index (χ4v) is 5.37. The first-order chi connectivity index (χ1) is 18.6. The first-order valence-electron chi connectivity index (χ1n) is 12.6. The van der Waals surface area contributed by atoms with Gasteiger partial charge in [-0.25, -0.2) is 32.5 Å². The molecule has 3 aromatic rings. The molecule has 12 nitrogen and oxygen atoms in total. The number of amides is 1. The van der Waals surface area contributed by atoms with Crippen molar-refractivity contribution in [1.29, 1.82) is 0 Å². The van der Waals surface area contributed by atoms with Crippen molar-refractivity contribution in [3.8, 4) is 17.3 Å². The summed E-state index contributed by atoms with van der Waals surface area (Å²) < 4.78 is 46.4. The number of aliphatic hydroxyl groups is 1. The third-order valence-electron chi connectivity index (χ3n) is 6.31. The topological polar surface area (TPSA) is 161 Å². The average molecular weight is 562 g/mol. The number of aromatic nitrogens is 5. The van der Waals surface area contributed by atoms with E-state index >= 15 is 0 Å². The minimum Gasteiger partial charge on any atom is -0.488 e. The Morgan fingerprint density at radius 1 is 1.21 bits per heavy atom. The van der Waals surface area contributed by atoms with Crippen LogP contribution < -0.4 is 14.8 Å². The van der Waals surface area contributed by atoms with Gasteiger partial charge in [0, 0.05) is 19.1 Å². The van der Waals surface area contributed by atoms with Gasteiger partial charge in [-0.15, -0.1) is 5.10 Å². The van der Waals surface area contributed by atoms with Gasteiger partial charge in [0.1, 0.15) is 30.1 Å². The second kappa shape index (κ2) is 12.6. The number of benzene rings is 1. The monoisotopic (exact) mass is 561 g/mol. The van der Waals surface area contributed by atoms with Crippen molar-refractivity contribution < 1.29 is 27.4 Å². The number of hydrogen-bond donors (Lipinski definition) is 3. The number of carbonyl (C=O) groups is 1. The second-order valence-corrected chi connectivity index (χ2v) is 11.4. The lowest BCUT2D eigenvalue weighted by molar-refractivity contribution is 0.0945. The maximum Gasteiger partial charge on any atom is 0.270 e. The van der Waals surface area contributed by atoms with E-state index in [1.54, 1.807) is 17.9 Å². The Hall–Kier alpha value is -3.49. The second-order valence-electron chi connectivity index (χ2n) is 9.60. The number of aryl methyl sites for hydroxylation is 1. The molecule has 1 fully saturated rings. The number of halogens is 1. The molecule has 0 aliphatic heterocycles. The van der Waals surface area contributed by atoms with Crippen LogP contribution in [0.3, 0.4) is 0 Å². The number of aliphatic hydroxyl groups excluding tert-OH is 1. The summed E-state index contributed by atoms with van der Waals surface area (Å²) in [5.74, 6) is 0.0993. The molecule has 210 valence electrons. The fourth-order valence-electron chi connectivity index (χ4n) is 4.53. The van der Waals surface area contributed by atoms with E-state index in [1.165, 1.54) is 30.5 Å². The van der Waals surface area contributed by atoms with Crippen LogP contribution in [-0.4, -0.2) is 69.7 Å². The lowest BCUT2D eigenvalue weighted by Gasteiger charge is -2.28. The highest BCUT2D eigenvalue weighted by Gasteiger charge is 2.24. The fraction of sp³-hybridized carbons (Fsp3) is 0.480. The van der Waals surface area contributed by atoms with Gasteiger partial charge in [-0.05, 0) is 62.3 Å². The molecule has 0 bridgehead atoms. The SMILES string of the molecule is Cc1nc(C(=O)NCc2ccc(F)c(OCCO)c2)cc(-c2ncn(C[C@H]3CC[C@H](NS(C)(=O)=O)CC3)n2)n1. The Morgan fingerprint density at radius 3 is 2.69 bits per heavy atom. The molecule has 0 saturated heterocycles. The number of hydrogen-bond acceptors (Lipinski definition) is 9. The maximum atomic E-state index is 13.9. The zero-order valence-electron chi connectivity index (χ0n) is 21.8. The van der Waals surface area contributed by atoms with Crippen LogP contribution in [0.2, 0.25) is 0 Å². The van der Waals surface area contributed by atoms with Gasteiger partial charge in [0.05, 0.1) is 12.9 Å². The molecule has 1 amide bonds. The zero-order valence-corrected chi connectivity index (χ0v) is 22.6. The van der Waals surface area contributed by atoms with Crippen molar-refractivity contribution in [3.05, 3.63) is 53.5 Å². The van der Waals surface area contributed by atoms with E-state index in [-0.39, 0.29) is 37.2 Å². The van der Waals surface area contributed by atoms with E-state index < -0.39 is 21.7 Å². The van der Waals surface area contributed by atoms with E-state index in [1.807, 2.05) is 0 Å². The predicted molar refractivity (Wildman–Crippen MR) is 140 cm³/mol. The Morgan fingerprint density at radius 2 is 1.97 bits per heavy atom. The van der Waals surface area contributed by atoms with Crippen molar-refractivity contribution in [2.75, 3.05) is 19.5 Å². The molecule has 0 spiro atoms. The summed E-state index contributed by atoms with van der Waals surface area (Å²) in [6, 6.07) is 5.73. The summed E-state index contributed by atoms with van der Waals surface area (Å²) in [6.07, 6.45) is 6.11. The van der Waals surface area contributed by atoms with Gasteiger partial charge in [-0.1, -0.05) is 6.07 Å². The molecular weight excluding hydrogens is 529 g/mol. The molecule has 39 heavy (non-hydrogen) atoms. The van der Waals surface area contributed by atoms with E-state index in [2.05, 4.69) is 30.1 Å². The van der Waals surface area contributed by atoms with Crippen LogP contribution in [0.25, 0.3) is 11.5 Å². The first kappa shape index (κ1) is 28.5. The van der Waals surface area contributed by atoms with Gasteiger partial charge in [0.2, 0.25) is 10.0 Å². The van der Waals surface area contributed by atoms with Crippen molar-refractivity contribution in [2.24, 2.45) is 5.92 Å². The Kier molecular flexibility index (Phi) is 9.20. The molecule has 2 heterocycles. The smallest absolute Gasteiger partial charge is 0.270 e. The van der Waals surface area contributed by atoms with Crippen LogP contribution in [0.1, 0.15) is 47.6 Å². The minimum absolute atomic E-state index is 0.00348. The van der Waals surface area contributed by atoms with Crippen molar-refractivity contribution >= 4 is 15.9 Å². The molecule has 1 aliphatic carbocycles. The largest absolute Gasteiger partial charge is 0.488 e. The lowest BCUT2D eigenvalue weighted by atomic mass is 9.86. The third-order valence-corrected chi connectivity index (χ3v) is 7.07. The van der Waals surface area contributed by atoms with Crippen LogP contribution in [0, 0.1) is 18.7 Å². The standard InChI is InChI=1S/C25H32FN7O5S/c1-16-29-21(24-28-15-33(31-24)14-17-3-6-19(7-4-17)32-39(2,36)37)12-22(30-16)25(35)27-13-18-5-8-20(26)23(11-18)38-10-9-34/h5,8,11-12,15,17,19,32,34H,3-4,6-7,9-10,13-14H2,1-2H3,(H,27,35)/t17-,19-. The highest BCUT2D eigenvalue weighted by atomic mass is 32.2. The van der Waals surface area contributed by atoms with Crippen LogP contribution in [0.15, 0.2) is 30.6 Å². The molecule has 0 radical (unpaired) electrons. The van der Waals surface area contributed by atoms with Gasteiger partial charge in [0.15, 0.2) is 17.4 Å². The Labute approximate surface area is 226 Å². The van der Waals surface area contributed by atoms with Crippen LogP contribution in [-0.2, 0) is 23.1 Å². The van der Waals surface area contributed by atoms with Gasteiger partial charge in [0.25, 0.3) is 5.91 Å². The average Bonchev–Trinajstić information content (AvgIpc) is 3.36. The van der Waals surface area contributed by atoms with Crippen molar-refractivity contribution in [2.45, 2.75) is 51.7 Å². The normalized spacial score (nSPS) is 17.6. The van der Waals surface area contributed by atoms with E-state index in [0.717, 1.165) is 25.7 Å². The van der Waals surface area contributed by atoms with E-state index in [4.69, 9.17) is 9.84 Å². The number of rotatable bonds is 11. The number of ether oxygens (including phenoxy) is 1. The van der Waals surface area contributed by atoms with Crippen LogP contribution in [0.4, 0.5) is 4.39 Å². The van der Waals surface area contributed by atoms with Gasteiger partial charge < -0.3 is 15.2 Å². The molecule has 14 heteroatoms. The highest BCUT2D eigenvalue weighted by Crippen LogP contribution is 2.26. The molecule has 0 unspecified atom stereocenters. The lowest BCUT2D eigenvalue weighted by Crippen LogP contribution is -2.37. The summed E-state index contributed by atoms with van der Waals surface area (Å²) in [7, 11) is -3.21. The molecule has 2 aromatic heterocycles. The molecule has 1 saturated carbocycles. The quantitative estimate of drug-likeness (QED) is 0.316. The van der Waals surface area contributed by atoms with Crippen molar-refractivity contribution in [1.82, 2.24) is 34.8 Å². The summed E-state index contributed by atoms with van der Waals surface area (Å²) in [5, 5.41) is 16.2. The molecular formula is C25H32FN7O5S. The Bertz CT molecular complexity index is 1410. The third kappa shape index (κ3) is 8.25. The zero-order chi connectivity index (χ0) is 28.0.